The number of hydrogen-bond acceptors (Lipinski definition) is 3. The lowest BCUT2D eigenvalue weighted by atomic mass is 10.1. The van der Waals surface area contributed by atoms with Crippen molar-refractivity contribution in [3.63, 3.8) is 0 Å². The maximum absolute atomic E-state index is 12.1. The van der Waals surface area contributed by atoms with Crippen LogP contribution in [-0.2, 0) is 4.74 Å². The molecule has 3 heteroatoms. The third-order valence-electron chi connectivity index (χ3n) is 3.48. The summed E-state index contributed by atoms with van der Waals surface area (Å²) in [4.78, 5) is 14.4. The van der Waals surface area contributed by atoms with Crippen LogP contribution >= 0.6 is 0 Å². The highest BCUT2D eigenvalue weighted by atomic mass is 16.5. The maximum atomic E-state index is 12.1. The van der Waals surface area contributed by atoms with Gasteiger partial charge in [0.2, 0.25) is 0 Å². The molecule has 2 rings (SSSR count). The van der Waals surface area contributed by atoms with E-state index in [2.05, 4.69) is 4.90 Å². The second-order valence-corrected chi connectivity index (χ2v) is 5.14. The first-order chi connectivity index (χ1) is 8.69. The Morgan fingerprint density at radius 1 is 1.50 bits per heavy atom. The molecule has 1 aromatic rings. The Balaban J connectivity index is 1.89. The van der Waals surface area contributed by atoms with Gasteiger partial charge in [-0.3, -0.25) is 9.69 Å². The number of carbonyl (C=O) groups is 1. The summed E-state index contributed by atoms with van der Waals surface area (Å²) >= 11 is 0. The molecule has 0 spiro atoms. The molecule has 0 bridgehead atoms. The molecule has 1 fully saturated rings. The molecule has 1 unspecified atom stereocenters. The van der Waals surface area contributed by atoms with E-state index in [0.717, 1.165) is 37.2 Å². The van der Waals surface area contributed by atoms with Gasteiger partial charge < -0.3 is 4.74 Å². The quantitative estimate of drug-likeness (QED) is 0.747. The molecule has 1 aliphatic rings. The molecule has 1 aliphatic heterocycles. The van der Waals surface area contributed by atoms with Gasteiger partial charge in [0.1, 0.15) is 0 Å². The normalized spacial score (nSPS) is 20.2. The summed E-state index contributed by atoms with van der Waals surface area (Å²) in [6.45, 7) is 5.33. The van der Waals surface area contributed by atoms with Gasteiger partial charge in [-0.25, -0.2) is 0 Å². The number of likely N-dealkylation sites (tertiary alicyclic amines) is 1. The summed E-state index contributed by atoms with van der Waals surface area (Å²) in [6, 6.07) is 7.82. The van der Waals surface area contributed by atoms with Crippen LogP contribution in [0.5, 0.6) is 0 Å². The summed E-state index contributed by atoms with van der Waals surface area (Å²) in [7, 11) is 1.74. The van der Waals surface area contributed by atoms with E-state index >= 15 is 0 Å². The highest BCUT2D eigenvalue weighted by Crippen LogP contribution is 2.17. The number of rotatable bonds is 5. The fourth-order valence-electron chi connectivity index (χ4n) is 2.54. The number of ketones is 1. The van der Waals surface area contributed by atoms with Crippen molar-refractivity contribution in [3.05, 3.63) is 35.4 Å². The zero-order chi connectivity index (χ0) is 13.0. The van der Waals surface area contributed by atoms with Gasteiger partial charge in [0.05, 0.1) is 13.2 Å². The summed E-state index contributed by atoms with van der Waals surface area (Å²) in [5.41, 5.74) is 1.96. The van der Waals surface area contributed by atoms with Crippen LogP contribution in [0.15, 0.2) is 24.3 Å². The largest absolute Gasteiger partial charge is 0.384 e. The average molecular weight is 247 g/mol. The Hall–Kier alpha value is -1.19. The minimum Gasteiger partial charge on any atom is -0.384 e. The monoisotopic (exact) mass is 247 g/mol. The van der Waals surface area contributed by atoms with Gasteiger partial charge in [-0.1, -0.05) is 23.8 Å². The molecular formula is C15H21NO2. The predicted molar refractivity (Wildman–Crippen MR) is 71.9 cm³/mol. The van der Waals surface area contributed by atoms with Crippen LogP contribution in [0, 0.1) is 12.8 Å². The summed E-state index contributed by atoms with van der Waals surface area (Å²) in [5, 5.41) is 0. The van der Waals surface area contributed by atoms with Crippen molar-refractivity contribution in [1.82, 2.24) is 4.90 Å². The van der Waals surface area contributed by atoms with E-state index in [1.54, 1.807) is 7.11 Å². The second kappa shape index (κ2) is 6.12. The van der Waals surface area contributed by atoms with Gasteiger partial charge in [0.15, 0.2) is 5.78 Å². The van der Waals surface area contributed by atoms with Crippen LogP contribution in [0.1, 0.15) is 22.3 Å². The molecule has 0 aromatic heterocycles. The zero-order valence-electron chi connectivity index (χ0n) is 11.2. The number of nitrogens with zero attached hydrogens (tertiary/aromatic N) is 1. The van der Waals surface area contributed by atoms with Gasteiger partial charge >= 0.3 is 0 Å². The molecule has 1 heterocycles. The van der Waals surface area contributed by atoms with Gasteiger partial charge in [-0.2, -0.15) is 0 Å². The van der Waals surface area contributed by atoms with Crippen LogP contribution in [0.4, 0.5) is 0 Å². The molecule has 0 N–H and O–H groups in total. The number of Topliss-reactive ketones (excluding diaryl/α,β-unsaturated/α-hetero) is 1. The number of benzene rings is 1. The molecule has 0 radical (unpaired) electrons. The smallest absolute Gasteiger partial charge is 0.176 e. The number of aryl methyl sites for hydroxylation is 1. The predicted octanol–water partition coefficient (Wildman–Crippen LogP) is 2.15. The van der Waals surface area contributed by atoms with Crippen LogP contribution in [0.3, 0.4) is 0 Å². The summed E-state index contributed by atoms with van der Waals surface area (Å²) in [6.07, 6.45) is 1.13. The first-order valence-corrected chi connectivity index (χ1v) is 6.50. The Labute approximate surface area is 109 Å². The lowest BCUT2D eigenvalue weighted by Crippen LogP contribution is -2.28. The lowest BCUT2D eigenvalue weighted by Gasteiger charge is -2.15. The zero-order valence-corrected chi connectivity index (χ0v) is 11.2. The number of carbonyl (C=O) groups excluding carboxylic acids is 1. The first-order valence-electron chi connectivity index (χ1n) is 6.50. The Morgan fingerprint density at radius 2 is 2.33 bits per heavy atom. The van der Waals surface area contributed by atoms with Crippen molar-refractivity contribution >= 4 is 5.78 Å². The van der Waals surface area contributed by atoms with Crippen molar-refractivity contribution in [2.75, 3.05) is 33.4 Å². The fourth-order valence-corrected chi connectivity index (χ4v) is 2.54. The number of hydrogen-bond donors (Lipinski definition) is 0. The molecule has 1 aromatic carbocycles. The number of methoxy groups -OCH3 is 1. The standard InChI is InChI=1S/C15H21NO2/c1-12-4-3-5-14(8-12)15(17)10-16-7-6-13(9-16)11-18-2/h3-5,8,13H,6-7,9-11H2,1-2H3. The first kappa shape index (κ1) is 13.2. The maximum Gasteiger partial charge on any atom is 0.176 e. The van der Waals surface area contributed by atoms with Crippen molar-refractivity contribution in [2.45, 2.75) is 13.3 Å². The molecule has 1 saturated heterocycles. The van der Waals surface area contributed by atoms with E-state index in [-0.39, 0.29) is 5.78 Å². The highest BCUT2D eigenvalue weighted by molar-refractivity contribution is 5.97. The van der Waals surface area contributed by atoms with Gasteiger partial charge in [0, 0.05) is 19.2 Å². The Morgan fingerprint density at radius 3 is 3.06 bits per heavy atom. The third kappa shape index (κ3) is 3.40. The van der Waals surface area contributed by atoms with E-state index in [1.807, 2.05) is 31.2 Å². The topological polar surface area (TPSA) is 29.5 Å². The fraction of sp³-hybridized carbons (Fsp3) is 0.533. The third-order valence-corrected chi connectivity index (χ3v) is 3.48. The molecule has 0 amide bonds. The molecular weight excluding hydrogens is 226 g/mol. The lowest BCUT2D eigenvalue weighted by molar-refractivity contribution is 0.0937. The summed E-state index contributed by atoms with van der Waals surface area (Å²) in [5.74, 6) is 0.803. The average Bonchev–Trinajstić information content (AvgIpc) is 2.77. The van der Waals surface area contributed by atoms with Crippen LogP contribution in [-0.4, -0.2) is 44.0 Å². The minimum absolute atomic E-state index is 0.219. The highest BCUT2D eigenvalue weighted by Gasteiger charge is 2.24. The Kier molecular flexibility index (Phi) is 4.50. The Bertz CT molecular complexity index is 417. The van der Waals surface area contributed by atoms with Crippen molar-refractivity contribution in [2.24, 2.45) is 5.92 Å². The van der Waals surface area contributed by atoms with E-state index < -0.39 is 0 Å². The van der Waals surface area contributed by atoms with Crippen molar-refractivity contribution < 1.29 is 9.53 Å². The molecule has 3 nitrogen and oxygen atoms in total. The van der Waals surface area contributed by atoms with Crippen LogP contribution < -0.4 is 0 Å². The molecule has 0 saturated carbocycles. The summed E-state index contributed by atoms with van der Waals surface area (Å²) < 4.78 is 5.17. The van der Waals surface area contributed by atoms with Gasteiger partial charge in [-0.05, 0) is 31.9 Å². The van der Waals surface area contributed by atoms with E-state index in [0.29, 0.717) is 12.5 Å². The SMILES string of the molecule is COCC1CCN(CC(=O)c2cccc(C)c2)C1. The van der Waals surface area contributed by atoms with E-state index in [1.165, 1.54) is 0 Å². The van der Waals surface area contributed by atoms with Gasteiger partial charge in [0.25, 0.3) is 0 Å². The molecule has 0 aliphatic carbocycles. The number of ether oxygens (including phenoxy) is 1. The van der Waals surface area contributed by atoms with Gasteiger partial charge in [-0.15, -0.1) is 0 Å². The molecule has 98 valence electrons. The van der Waals surface area contributed by atoms with Crippen LogP contribution in [0.25, 0.3) is 0 Å². The van der Waals surface area contributed by atoms with Crippen LogP contribution in [0.2, 0.25) is 0 Å². The minimum atomic E-state index is 0.219. The van der Waals surface area contributed by atoms with E-state index in [4.69, 9.17) is 4.74 Å². The molecule has 1 atom stereocenters. The van der Waals surface area contributed by atoms with Crippen molar-refractivity contribution in [3.8, 4) is 0 Å². The van der Waals surface area contributed by atoms with E-state index in [9.17, 15) is 4.79 Å². The second-order valence-electron chi connectivity index (χ2n) is 5.14. The molecule has 18 heavy (non-hydrogen) atoms. The van der Waals surface area contributed by atoms with Crippen molar-refractivity contribution in [1.29, 1.82) is 0 Å².